The third-order valence-electron chi connectivity index (χ3n) is 7.92. The first kappa shape index (κ1) is 31.4. The highest BCUT2D eigenvalue weighted by Crippen LogP contribution is 2.45. The van der Waals surface area contributed by atoms with Crippen molar-refractivity contribution >= 4 is 25.2 Å². The minimum Gasteiger partial charge on any atom is -0.497 e. The topological polar surface area (TPSA) is 68.2 Å². The van der Waals surface area contributed by atoms with E-state index in [4.69, 9.17) is 9.47 Å². The second kappa shape index (κ2) is 13.6. The Balaban J connectivity index is 0.00000405. The van der Waals surface area contributed by atoms with Crippen molar-refractivity contribution in [2.45, 2.75) is 44.4 Å². The molecule has 0 radical (unpaired) electrons. The number of ether oxygens (including phenoxy) is 3. The fraction of sp³-hybridized carbons (Fsp3) is 0.406. The van der Waals surface area contributed by atoms with E-state index in [2.05, 4.69) is 9.64 Å². The Morgan fingerprint density at radius 3 is 2.26 bits per heavy atom. The van der Waals surface area contributed by atoms with Gasteiger partial charge in [-0.05, 0) is 91.0 Å². The molecule has 1 aliphatic heterocycles. The standard InChI is InChI=1S/C32H34F3NO5.H2S/c1-39-26-11-12-28(22-7-9-25(10-8-22)41-32(33,34)35)30(18-26)36-15-13-21(14-16-36)20-40-27-4-2-3-24(17-27)29(19-31(37)38)23-5-6-23;/h2-4,7-12,17-18,21,23,29H,5-6,13-16,19-20H2,1H3,(H,37,38);1H2/t29-;/m0./s1. The molecule has 0 aromatic heterocycles. The van der Waals surface area contributed by atoms with Crippen LogP contribution in [0.25, 0.3) is 11.1 Å². The number of methoxy groups -OCH3 is 1. The molecule has 0 amide bonds. The van der Waals surface area contributed by atoms with Gasteiger partial charge in [-0.25, -0.2) is 0 Å². The van der Waals surface area contributed by atoms with Gasteiger partial charge < -0.3 is 24.2 Å². The lowest BCUT2D eigenvalue weighted by atomic mass is 9.91. The van der Waals surface area contributed by atoms with Crippen LogP contribution in [-0.2, 0) is 4.79 Å². The summed E-state index contributed by atoms with van der Waals surface area (Å²) in [5.74, 6) is 1.29. The average molecular weight is 604 g/mol. The summed E-state index contributed by atoms with van der Waals surface area (Å²) in [5, 5.41) is 9.34. The highest BCUT2D eigenvalue weighted by molar-refractivity contribution is 7.59. The number of rotatable bonds is 11. The van der Waals surface area contributed by atoms with Gasteiger partial charge in [-0.15, -0.1) is 13.2 Å². The fourth-order valence-electron chi connectivity index (χ4n) is 5.61. The molecule has 1 saturated carbocycles. The Morgan fingerprint density at radius 1 is 0.952 bits per heavy atom. The molecule has 10 heteroatoms. The van der Waals surface area contributed by atoms with Crippen molar-refractivity contribution in [3.63, 3.8) is 0 Å². The molecule has 1 N–H and O–H groups in total. The van der Waals surface area contributed by atoms with E-state index in [0.29, 0.717) is 24.2 Å². The summed E-state index contributed by atoms with van der Waals surface area (Å²) in [5.41, 5.74) is 3.69. The normalized spacial score (nSPS) is 16.3. The molecule has 1 heterocycles. The molecule has 3 aromatic carbocycles. The van der Waals surface area contributed by atoms with Gasteiger partial charge in [0, 0.05) is 30.4 Å². The maximum Gasteiger partial charge on any atom is 0.573 e. The van der Waals surface area contributed by atoms with Crippen LogP contribution in [0.5, 0.6) is 17.2 Å². The van der Waals surface area contributed by atoms with Crippen molar-refractivity contribution in [2.24, 2.45) is 11.8 Å². The number of alkyl halides is 3. The Kier molecular flexibility index (Phi) is 10.2. The fourth-order valence-corrected chi connectivity index (χ4v) is 5.61. The van der Waals surface area contributed by atoms with E-state index >= 15 is 0 Å². The number of hydrogen-bond acceptors (Lipinski definition) is 5. The summed E-state index contributed by atoms with van der Waals surface area (Å²) in [6.45, 7) is 2.17. The first-order valence-electron chi connectivity index (χ1n) is 13.9. The van der Waals surface area contributed by atoms with E-state index in [1.807, 2.05) is 42.5 Å². The maximum atomic E-state index is 12.6. The lowest BCUT2D eigenvalue weighted by molar-refractivity contribution is -0.274. The van der Waals surface area contributed by atoms with Crippen molar-refractivity contribution < 1.29 is 37.3 Å². The molecule has 0 bridgehead atoms. The number of carboxylic acids is 1. The monoisotopic (exact) mass is 603 g/mol. The highest BCUT2D eigenvalue weighted by Gasteiger charge is 2.34. The number of anilines is 1. The summed E-state index contributed by atoms with van der Waals surface area (Å²) in [4.78, 5) is 13.7. The number of aliphatic carboxylic acids is 1. The van der Waals surface area contributed by atoms with Gasteiger partial charge in [0.25, 0.3) is 0 Å². The van der Waals surface area contributed by atoms with Crippen LogP contribution in [0.1, 0.15) is 43.6 Å². The molecule has 6 nitrogen and oxygen atoms in total. The van der Waals surface area contributed by atoms with Gasteiger partial charge >= 0.3 is 12.3 Å². The van der Waals surface area contributed by atoms with Gasteiger partial charge in [0.2, 0.25) is 0 Å². The van der Waals surface area contributed by atoms with Gasteiger partial charge in [0.1, 0.15) is 17.2 Å². The number of nitrogens with zero attached hydrogens (tertiary/aromatic N) is 1. The molecule has 5 rings (SSSR count). The van der Waals surface area contributed by atoms with Crippen molar-refractivity contribution in [2.75, 3.05) is 31.7 Å². The summed E-state index contributed by atoms with van der Waals surface area (Å²) >= 11 is 0. The van der Waals surface area contributed by atoms with Crippen LogP contribution in [0.3, 0.4) is 0 Å². The van der Waals surface area contributed by atoms with Crippen molar-refractivity contribution in [3.05, 3.63) is 72.3 Å². The number of hydrogen-bond donors (Lipinski definition) is 1. The predicted octanol–water partition coefficient (Wildman–Crippen LogP) is 7.64. The van der Waals surface area contributed by atoms with Gasteiger partial charge in [0.05, 0.1) is 20.1 Å². The smallest absolute Gasteiger partial charge is 0.497 e. The van der Waals surface area contributed by atoms with Crippen LogP contribution in [0, 0.1) is 11.8 Å². The number of benzene rings is 3. The Morgan fingerprint density at radius 2 is 1.64 bits per heavy atom. The van der Waals surface area contributed by atoms with Crippen molar-refractivity contribution in [1.82, 2.24) is 0 Å². The lowest BCUT2D eigenvalue weighted by Gasteiger charge is -2.35. The van der Waals surface area contributed by atoms with Gasteiger partial charge in [-0.3, -0.25) is 4.79 Å². The van der Waals surface area contributed by atoms with Gasteiger partial charge in [-0.2, -0.15) is 13.5 Å². The number of carboxylic acid groups (broad SMARTS) is 1. The van der Waals surface area contributed by atoms with E-state index in [0.717, 1.165) is 66.9 Å². The molecule has 1 atom stereocenters. The summed E-state index contributed by atoms with van der Waals surface area (Å²) in [6, 6.07) is 19.5. The van der Waals surface area contributed by atoms with Crippen molar-refractivity contribution in [1.29, 1.82) is 0 Å². The van der Waals surface area contributed by atoms with E-state index in [9.17, 15) is 23.1 Å². The summed E-state index contributed by atoms with van der Waals surface area (Å²) in [6.07, 6.45) is -0.604. The van der Waals surface area contributed by atoms with Gasteiger partial charge in [-0.1, -0.05) is 24.3 Å². The highest BCUT2D eigenvalue weighted by atomic mass is 32.1. The molecule has 2 fully saturated rings. The number of carbonyl (C=O) groups is 1. The van der Waals surface area contributed by atoms with Crippen LogP contribution in [0.2, 0.25) is 0 Å². The van der Waals surface area contributed by atoms with Crippen LogP contribution in [0.4, 0.5) is 18.9 Å². The van der Waals surface area contributed by atoms with E-state index in [-0.39, 0.29) is 31.6 Å². The molecule has 3 aromatic rings. The molecule has 2 aliphatic rings. The van der Waals surface area contributed by atoms with Crippen LogP contribution in [-0.4, -0.2) is 44.2 Å². The molecular formula is C32H36F3NO5S. The third kappa shape index (κ3) is 8.27. The SMILES string of the molecule is COc1ccc(-c2ccc(OC(F)(F)F)cc2)c(N2CCC(COc3cccc([C@@H](CC(=O)O)C4CC4)c3)CC2)c1.S. The molecule has 0 unspecified atom stereocenters. The molecule has 42 heavy (non-hydrogen) atoms. The first-order valence-corrected chi connectivity index (χ1v) is 13.9. The molecule has 0 spiro atoms. The first-order chi connectivity index (χ1) is 19.7. The van der Waals surface area contributed by atoms with Crippen molar-refractivity contribution in [3.8, 4) is 28.4 Å². The third-order valence-corrected chi connectivity index (χ3v) is 7.92. The van der Waals surface area contributed by atoms with Gasteiger partial charge in [0.15, 0.2) is 0 Å². The largest absolute Gasteiger partial charge is 0.573 e. The number of halogens is 3. The van der Waals surface area contributed by atoms with E-state index < -0.39 is 12.3 Å². The van der Waals surface area contributed by atoms with Crippen LogP contribution in [0.15, 0.2) is 66.7 Å². The second-order valence-corrected chi connectivity index (χ2v) is 10.8. The second-order valence-electron chi connectivity index (χ2n) is 10.8. The van der Waals surface area contributed by atoms with E-state index in [1.165, 1.54) is 12.1 Å². The molecule has 1 saturated heterocycles. The minimum atomic E-state index is -4.73. The maximum absolute atomic E-state index is 12.6. The van der Waals surface area contributed by atoms with Crippen LogP contribution >= 0.6 is 13.5 Å². The quantitative estimate of drug-likeness (QED) is 0.243. The Bertz CT molecular complexity index is 1340. The van der Waals surface area contributed by atoms with Crippen LogP contribution < -0.4 is 19.1 Å². The lowest BCUT2D eigenvalue weighted by Crippen LogP contribution is -2.35. The number of piperidine rings is 1. The molecular weight excluding hydrogens is 567 g/mol. The predicted molar refractivity (Wildman–Crippen MR) is 160 cm³/mol. The molecule has 1 aliphatic carbocycles. The zero-order chi connectivity index (χ0) is 29.0. The van der Waals surface area contributed by atoms with E-state index in [1.54, 1.807) is 19.2 Å². The summed E-state index contributed by atoms with van der Waals surface area (Å²) in [7, 11) is 1.61. The zero-order valence-electron chi connectivity index (χ0n) is 23.4. The minimum absolute atomic E-state index is 0. The average Bonchev–Trinajstić information content (AvgIpc) is 3.80. The zero-order valence-corrected chi connectivity index (χ0v) is 24.4. The Hall–Kier alpha value is -3.53. The molecule has 226 valence electrons. The Labute approximate surface area is 250 Å². The summed E-state index contributed by atoms with van der Waals surface area (Å²) < 4.78 is 53.4.